The van der Waals surface area contributed by atoms with Gasteiger partial charge >= 0.3 is 0 Å². The zero-order chi connectivity index (χ0) is 11.4. The SMILES string of the molecule is [O-]C1=N[N+](=C2C=CCCC2)C2C3CCC(C3)C12. The Morgan fingerprint density at radius 3 is 3.00 bits per heavy atom. The molecule has 4 unspecified atom stereocenters. The second-order valence-electron chi connectivity index (χ2n) is 5.92. The second-order valence-corrected chi connectivity index (χ2v) is 5.92. The van der Waals surface area contributed by atoms with E-state index >= 15 is 0 Å². The molecule has 0 aromatic carbocycles. The number of hydrogen-bond acceptors (Lipinski definition) is 2. The summed E-state index contributed by atoms with van der Waals surface area (Å²) in [4.78, 5) is 0. The van der Waals surface area contributed by atoms with E-state index in [4.69, 9.17) is 0 Å². The van der Waals surface area contributed by atoms with Crippen LogP contribution in [-0.4, -0.2) is 22.3 Å². The average Bonchev–Trinajstić information content (AvgIpc) is 3.03. The van der Waals surface area contributed by atoms with Gasteiger partial charge in [-0.15, -0.1) is 0 Å². The summed E-state index contributed by atoms with van der Waals surface area (Å²) in [5.41, 5.74) is 1.28. The number of nitrogens with zero attached hydrogens (tertiary/aromatic N) is 2. The van der Waals surface area contributed by atoms with Crippen molar-refractivity contribution in [2.75, 3.05) is 0 Å². The van der Waals surface area contributed by atoms with E-state index in [1.54, 1.807) is 0 Å². The van der Waals surface area contributed by atoms with E-state index in [1.165, 1.54) is 37.8 Å². The summed E-state index contributed by atoms with van der Waals surface area (Å²) in [6, 6.07) is 0.416. The minimum atomic E-state index is 0.161. The first-order valence-corrected chi connectivity index (χ1v) is 6.92. The van der Waals surface area contributed by atoms with Gasteiger partial charge in [0.05, 0.1) is 5.92 Å². The van der Waals surface area contributed by atoms with Crippen LogP contribution in [0.1, 0.15) is 38.5 Å². The largest absolute Gasteiger partial charge is 0.857 e. The molecule has 3 nitrogen and oxygen atoms in total. The smallest absolute Gasteiger partial charge is 0.208 e. The Morgan fingerprint density at radius 2 is 2.18 bits per heavy atom. The van der Waals surface area contributed by atoms with Gasteiger partial charge in [0.1, 0.15) is 0 Å². The highest BCUT2D eigenvalue weighted by Gasteiger charge is 2.57. The van der Waals surface area contributed by atoms with Gasteiger partial charge in [0, 0.05) is 24.3 Å². The molecule has 90 valence electrons. The van der Waals surface area contributed by atoms with Gasteiger partial charge in [-0.05, 0) is 43.1 Å². The molecule has 4 atom stereocenters. The molecule has 4 aliphatic rings. The van der Waals surface area contributed by atoms with Gasteiger partial charge in [-0.1, -0.05) is 10.8 Å². The van der Waals surface area contributed by atoms with Crippen LogP contribution >= 0.6 is 0 Å². The molecule has 0 radical (unpaired) electrons. The molecule has 3 heteroatoms. The van der Waals surface area contributed by atoms with Crippen molar-refractivity contribution in [3.8, 4) is 0 Å². The molecule has 1 heterocycles. The van der Waals surface area contributed by atoms with E-state index in [1.807, 2.05) is 0 Å². The standard InChI is InChI=1S/C14H18N2O/c17-14-12-9-6-7-10(8-9)13(12)16(15-14)11-4-2-1-3-5-11/h2,4,9-10,12-13H,1,3,5-8H2. The Kier molecular flexibility index (Phi) is 1.99. The van der Waals surface area contributed by atoms with Gasteiger partial charge in [-0.25, -0.2) is 0 Å². The van der Waals surface area contributed by atoms with Crippen LogP contribution in [0.2, 0.25) is 0 Å². The molecule has 0 spiro atoms. The molecule has 0 amide bonds. The van der Waals surface area contributed by atoms with Crippen molar-refractivity contribution in [3.05, 3.63) is 12.2 Å². The zero-order valence-electron chi connectivity index (χ0n) is 10.0. The van der Waals surface area contributed by atoms with Crippen molar-refractivity contribution in [2.45, 2.75) is 44.6 Å². The van der Waals surface area contributed by atoms with Gasteiger partial charge in [0.15, 0.2) is 6.04 Å². The zero-order valence-corrected chi connectivity index (χ0v) is 10.0. The Labute approximate surface area is 102 Å². The predicted molar refractivity (Wildman–Crippen MR) is 63.8 cm³/mol. The molecular weight excluding hydrogens is 212 g/mol. The third-order valence-corrected chi connectivity index (χ3v) is 5.05. The number of hydrogen-bond donors (Lipinski definition) is 0. The van der Waals surface area contributed by atoms with Crippen LogP contribution in [0, 0.1) is 17.8 Å². The maximum atomic E-state index is 12.1. The summed E-state index contributed by atoms with van der Waals surface area (Å²) in [7, 11) is 0. The van der Waals surface area contributed by atoms with Crippen LogP contribution in [0.15, 0.2) is 17.3 Å². The van der Waals surface area contributed by atoms with Crippen LogP contribution in [0.3, 0.4) is 0 Å². The van der Waals surface area contributed by atoms with Crippen LogP contribution in [-0.2, 0) is 0 Å². The molecule has 2 saturated carbocycles. The lowest BCUT2D eigenvalue weighted by atomic mass is 9.85. The summed E-state index contributed by atoms with van der Waals surface area (Å²) in [6.45, 7) is 0. The molecule has 3 aliphatic carbocycles. The number of hydrazone groups is 1. The number of allylic oxidation sites excluding steroid dienone is 2. The lowest BCUT2D eigenvalue weighted by Crippen LogP contribution is -2.38. The molecule has 1 aliphatic heterocycles. The van der Waals surface area contributed by atoms with E-state index in [-0.39, 0.29) is 11.8 Å². The second kappa shape index (κ2) is 3.44. The first-order chi connectivity index (χ1) is 8.34. The Balaban J connectivity index is 1.78. The fourth-order valence-electron chi connectivity index (χ4n) is 4.35. The van der Waals surface area contributed by atoms with E-state index < -0.39 is 0 Å². The molecule has 0 saturated heterocycles. The fourth-order valence-corrected chi connectivity index (χ4v) is 4.35. The molecule has 0 N–H and O–H groups in total. The molecule has 2 bridgehead atoms. The molecule has 17 heavy (non-hydrogen) atoms. The van der Waals surface area contributed by atoms with Crippen LogP contribution in [0.4, 0.5) is 0 Å². The number of fused-ring (bicyclic) bond motifs is 5. The van der Waals surface area contributed by atoms with Crippen LogP contribution < -0.4 is 5.11 Å². The van der Waals surface area contributed by atoms with Crippen molar-refractivity contribution in [3.63, 3.8) is 0 Å². The minimum Gasteiger partial charge on any atom is -0.857 e. The summed E-state index contributed by atoms with van der Waals surface area (Å²) < 4.78 is 2.10. The van der Waals surface area contributed by atoms with Crippen LogP contribution in [0.25, 0.3) is 0 Å². The summed E-state index contributed by atoms with van der Waals surface area (Å²) in [5, 5.41) is 16.4. The van der Waals surface area contributed by atoms with Gasteiger partial charge < -0.3 is 5.11 Å². The maximum absolute atomic E-state index is 12.1. The van der Waals surface area contributed by atoms with E-state index in [0.717, 1.165) is 12.3 Å². The quantitative estimate of drug-likeness (QED) is 0.578. The van der Waals surface area contributed by atoms with Crippen molar-refractivity contribution in [1.29, 1.82) is 0 Å². The van der Waals surface area contributed by atoms with E-state index in [2.05, 4.69) is 21.9 Å². The van der Waals surface area contributed by atoms with Gasteiger partial charge in [0.2, 0.25) is 5.71 Å². The molecule has 2 fully saturated rings. The van der Waals surface area contributed by atoms with Gasteiger partial charge in [-0.3, -0.25) is 0 Å². The highest BCUT2D eigenvalue weighted by atomic mass is 16.3. The van der Waals surface area contributed by atoms with Gasteiger partial charge in [-0.2, -0.15) is 0 Å². The first-order valence-electron chi connectivity index (χ1n) is 6.92. The summed E-state index contributed by atoms with van der Waals surface area (Å²) in [6.07, 6.45) is 11.7. The first kappa shape index (κ1) is 9.86. The molecular formula is C14H18N2O. The monoisotopic (exact) mass is 230 g/mol. The molecule has 0 aromatic heterocycles. The highest BCUT2D eigenvalue weighted by Crippen LogP contribution is 2.51. The lowest BCUT2D eigenvalue weighted by molar-refractivity contribution is -0.574. The highest BCUT2D eigenvalue weighted by molar-refractivity contribution is 5.92. The van der Waals surface area contributed by atoms with Crippen molar-refractivity contribution in [2.24, 2.45) is 22.9 Å². The number of rotatable bonds is 0. The Morgan fingerprint density at radius 1 is 1.29 bits per heavy atom. The van der Waals surface area contributed by atoms with E-state index in [9.17, 15) is 5.11 Å². The maximum Gasteiger partial charge on any atom is 0.208 e. The fraction of sp³-hybridized carbons (Fsp3) is 0.714. The molecule has 4 rings (SSSR count). The molecule has 0 aromatic rings. The van der Waals surface area contributed by atoms with Crippen LogP contribution in [0.5, 0.6) is 0 Å². The Hall–Kier alpha value is -1.12. The lowest BCUT2D eigenvalue weighted by Gasteiger charge is -2.22. The predicted octanol–water partition coefficient (Wildman–Crippen LogP) is 1.28. The normalized spacial score (nSPS) is 47.4. The third-order valence-electron chi connectivity index (χ3n) is 5.05. The third kappa shape index (κ3) is 1.28. The Bertz CT molecular complexity index is 449. The summed E-state index contributed by atoms with van der Waals surface area (Å²) >= 11 is 0. The van der Waals surface area contributed by atoms with Crippen molar-refractivity contribution < 1.29 is 9.79 Å². The average molecular weight is 230 g/mol. The van der Waals surface area contributed by atoms with Gasteiger partial charge in [0.25, 0.3) is 0 Å². The topological polar surface area (TPSA) is 38.4 Å². The van der Waals surface area contributed by atoms with Crippen molar-refractivity contribution >= 4 is 11.6 Å². The summed E-state index contributed by atoms with van der Waals surface area (Å²) in [5.74, 6) is 1.76. The minimum absolute atomic E-state index is 0.161. The van der Waals surface area contributed by atoms with Crippen molar-refractivity contribution in [1.82, 2.24) is 0 Å². The van der Waals surface area contributed by atoms with E-state index in [0.29, 0.717) is 12.0 Å².